The van der Waals surface area contributed by atoms with Crippen molar-refractivity contribution in [3.8, 4) is 0 Å². The Hall–Kier alpha value is -0.180. The quantitative estimate of drug-likeness (QED) is 0.622. The van der Waals surface area contributed by atoms with Gasteiger partial charge in [-0.05, 0) is 0 Å². The van der Waals surface area contributed by atoms with Crippen LogP contribution in [0.3, 0.4) is 0 Å². The molecule has 0 aliphatic carbocycles. The van der Waals surface area contributed by atoms with Crippen LogP contribution in [0, 0.1) is 0 Å². The Morgan fingerprint density at radius 1 is 0.625 bits per heavy atom. The Bertz CT molecular complexity index is 354. The molecule has 6 nitrogen and oxygen atoms in total. The first kappa shape index (κ1) is 15.8. The first-order valence-electron chi connectivity index (χ1n) is 5.29. The molecule has 0 rings (SSSR count). The molecule has 0 bridgehead atoms. The van der Waals surface area contributed by atoms with Gasteiger partial charge in [0.25, 0.3) is 0 Å². The van der Waals surface area contributed by atoms with E-state index in [0.717, 1.165) is 8.61 Å². The van der Waals surface area contributed by atoms with E-state index >= 15 is 0 Å². The van der Waals surface area contributed by atoms with Crippen LogP contribution in [0.5, 0.6) is 0 Å². The summed E-state index contributed by atoms with van der Waals surface area (Å²) in [5.74, 6) is 0. The van der Waals surface area contributed by atoms with Gasteiger partial charge in [-0.15, -0.1) is 0 Å². The molecule has 0 atom stereocenters. The Kier molecular flexibility index (Phi) is 5.88. The van der Waals surface area contributed by atoms with E-state index in [1.807, 2.05) is 0 Å². The number of rotatable bonds is 7. The second-order valence-electron chi connectivity index (χ2n) is 3.08. The highest BCUT2D eigenvalue weighted by Gasteiger charge is 2.38. The summed E-state index contributed by atoms with van der Waals surface area (Å²) in [6.45, 7) is 7.05. The zero-order chi connectivity index (χ0) is 13.0. The van der Waals surface area contributed by atoms with Crippen molar-refractivity contribution < 1.29 is 16.8 Å². The smallest absolute Gasteiger partial charge is 0.194 e. The summed E-state index contributed by atoms with van der Waals surface area (Å²) in [6, 6.07) is 0. The first-order valence-corrected chi connectivity index (χ1v) is 8.69. The van der Waals surface area contributed by atoms with E-state index < -0.39 is 18.1 Å². The molecule has 16 heavy (non-hydrogen) atoms. The average molecular weight is 272 g/mol. The van der Waals surface area contributed by atoms with E-state index in [9.17, 15) is 16.8 Å². The van der Waals surface area contributed by atoms with Crippen molar-refractivity contribution in [2.45, 2.75) is 27.7 Å². The van der Waals surface area contributed by atoms with Crippen molar-refractivity contribution in [1.29, 1.82) is 0 Å². The minimum atomic E-state index is -4.29. The average Bonchev–Trinajstić information content (AvgIpc) is 2.20. The van der Waals surface area contributed by atoms with Crippen LogP contribution in [0.4, 0.5) is 0 Å². The van der Waals surface area contributed by atoms with Crippen LogP contribution in [-0.2, 0) is 18.1 Å². The van der Waals surface area contributed by atoms with Crippen molar-refractivity contribution in [3.05, 3.63) is 0 Å². The lowest BCUT2D eigenvalue weighted by Gasteiger charge is -2.23. The largest absolute Gasteiger partial charge is 0.333 e. The van der Waals surface area contributed by atoms with Crippen molar-refractivity contribution in [2.75, 3.05) is 26.2 Å². The third-order valence-electron chi connectivity index (χ3n) is 2.31. The SMILES string of the molecule is CCN(CC)S(=O)(=O)S(=O)(=O)N(CC)CC. The maximum Gasteiger partial charge on any atom is 0.333 e. The maximum absolute atomic E-state index is 11.9. The van der Waals surface area contributed by atoms with Gasteiger partial charge in [-0.25, -0.2) is 0 Å². The molecular weight excluding hydrogens is 252 g/mol. The summed E-state index contributed by atoms with van der Waals surface area (Å²) >= 11 is 0. The Morgan fingerprint density at radius 3 is 0.938 bits per heavy atom. The van der Waals surface area contributed by atoms with E-state index in [1.54, 1.807) is 27.7 Å². The normalized spacial score (nSPS) is 13.6. The Morgan fingerprint density at radius 2 is 0.812 bits per heavy atom. The molecule has 98 valence electrons. The van der Waals surface area contributed by atoms with Crippen LogP contribution < -0.4 is 0 Å². The molecule has 0 spiro atoms. The molecule has 0 saturated carbocycles. The molecule has 0 aromatic rings. The highest BCUT2D eigenvalue weighted by atomic mass is 33.2. The van der Waals surface area contributed by atoms with Crippen LogP contribution in [0.1, 0.15) is 27.7 Å². The molecule has 0 heterocycles. The topological polar surface area (TPSA) is 74.8 Å². The Balaban J connectivity index is 5.46. The molecule has 0 aromatic heterocycles. The lowest BCUT2D eigenvalue weighted by molar-refractivity contribution is 0.429. The molecule has 0 aliphatic rings. The third kappa shape index (κ3) is 2.73. The summed E-state index contributed by atoms with van der Waals surface area (Å²) in [6.07, 6.45) is 0. The van der Waals surface area contributed by atoms with Crippen LogP contribution in [0.15, 0.2) is 0 Å². The zero-order valence-electron chi connectivity index (χ0n) is 10.2. The van der Waals surface area contributed by atoms with Gasteiger partial charge in [-0.2, -0.15) is 25.4 Å². The molecular formula is C8H20N2O4S2. The number of nitrogens with zero attached hydrogens (tertiary/aromatic N) is 2. The predicted molar refractivity (Wildman–Crippen MR) is 63.7 cm³/mol. The van der Waals surface area contributed by atoms with Gasteiger partial charge in [-0.1, -0.05) is 27.7 Å². The lowest BCUT2D eigenvalue weighted by Crippen LogP contribution is -2.44. The van der Waals surface area contributed by atoms with E-state index in [0.29, 0.717) is 0 Å². The molecule has 8 heteroatoms. The summed E-state index contributed by atoms with van der Waals surface area (Å²) in [5, 5.41) is 0. The number of hydrogen-bond donors (Lipinski definition) is 0. The molecule has 0 unspecified atom stereocenters. The second kappa shape index (κ2) is 5.95. The standard InChI is InChI=1S/C8H20N2O4S2/c1-5-9(6-2)15(11,12)16(13,14)10(7-3)8-4/h5-8H2,1-4H3. The molecule has 0 N–H and O–H groups in total. The summed E-state index contributed by atoms with van der Waals surface area (Å²) in [7, 11) is -8.59. The van der Waals surface area contributed by atoms with E-state index in [2.05, 4.69) is 0 Å². The van der Waals surface area contributed by atoms with Gasteiger partial charge in [0.1, 0.15) is 0 Å². The molecule has 0 fully saturated rings. The van der Waals surface area contributed by atoms with E-state index in [1.165, 1.54) is 0 Å². The first-order chi connectivity index (χ1) is 7.29. The minimum Gasteiger partial charge on any atom is -0.194 e. The van der Waals surface area contributed by atoms with Crippen LogP contribution in [-0.4, -0.2) is 51.6 Å². The van der Waals surface area contributed by atoms with Crippen molar-refractivity contribution in [1.82, 2.24) is 8.61 Å². The lowest BCUT2D eigenvalue weighted by atomic mass is 10.7. The fourth-order valence-corrected chi connectivity index (χ4v) is 6.01. The highest BCUT2D eigenvalue weighted by molar-refractivity contribution is 8.65. The van der Waals surface area contributed by atoms with Crippen LogP contribution >= 0.6 is 0 Å². The van der Waals surface area contributed by atoms with Gasteiger partial charge in [0, 0.05) is 26.2 Å². The van der Waals surface area contributed by atoms with Gasteiger partial charge in [-0.3, -0.25) is 0 Å². The van der Waals surface area contributed by atoms with Gasteiger partial charge in [0.15, 0.2) is 0 Å². The fourth-order valence-electron chi connectivity index (χ4n) is 1.35. The molecule has 0 aliphatic heterocycles. The summed E-state index contributed by atoms with van der Waals surface area (Å²) in [5.41, 5.74) is 0. The third-order valence-corrected chi connectivity index (χ3v) is 8.00. The van der Waals surface area contributed by atoms with Gasteiger partial charge in [0.2, 0.25) is 0 Å². The van der Waals surface area contributed by atoms with Gasteiger partial charge >= 0.3 is 18.1 Å². The van der Waals surface area contributed by atoms with Crippen molar-refractivity contribution >= 4 is 18.1 Å². The van der Waals surface area contributed by atoms with E-state index in [-0.39, 0.29) is 26.2 Å². The number of hydrogen-bond acceptors (Lipinski definition) is 4. The molecule has 0 amide bonds. The van der Waals surface area contributed by atoms with Crippen LogP contribution in [0.2, 0.25) is 0 Å². The van der Waals surface area contributed by atoms with Gasteiger partial charge < -0.3 is 0 Å². The molecule has 0 radical (unpaired) electrons. The predicted octanol–water partition coefficient (Wildman–Crippen LogP) is 0.245. The fraction of sp³-hybridized carbons (Fsp3) is 1.00. The second-order valence-corrected chi connectivity index (χ2v) is 8.36. The summed E-state index contributed by atoms with van der Waals surface area (Å²) in [4.78, 5) is 0. The maximum atomic E-state index is 11.9. The van der Waals surface area contributed by atoms with Gasteiger partial charge in [0.05, 0.1) is 0 Å². The Labute approximate surface area is 97.7 Å². The zero-order valence-corrected chi connectivity index (χ0v) is 11.8. The molecule has 0 saturated heterocycles. The van der Waals surface area contributed by atoms with Crippen molar-refractivity contribution in [2.24, 2.45) is 0 Å². The minimum absolute atomic E-state index is 0.152. The van der Waals surface area contributed by atoms with Crippen LogP contribution in [0.25, 0.3) is 0 Å². The monoisotopic (exact) mass is 272 g/mol. The molecule has 0 aromatic carbocycles. The van der Waals surface area contributed by atoms with E-state index in [4.69, 9.17) is 0 Å². The highest BCUT2D eigenvalue weighted by Crippen LogP contribution is 2.14. The van der Waals surface area contributed by atoms with Crippen molar-refractivity contribution in [3.63, 3.8) is 0 Å². The summed E-state index contributed by atoms with van der Waals surface area (Å²) < 4.78 is 49.4.